The molecule has 196 valence electrons. The summed E-state index contributed by atoms with van der Waals surface area (Å²) in [6, 6.07) is 6.91. The number of rotatable bonds is 7. The van der Waals surface area contributed by atoms with Gasteiger partial charge in [0.2, 0.25) is 0 Å². The van der Waals surface area contributed by atoms with Crippen molar-refractivity contribution in [2.45, 2.75) is 62.4 Å². The number of sulfone groups is 1. The Labute approximate surface area is 211 Å². The van der Waals surface area contributed by atoms with Crippen LogP contribution in [0.1, 0.15) is 59.1 Å². The third kappa shape index (κ3) is 4.27. The highest BCUT2D eigenvalue weighted by atomic mass is 35.5. The van der Waals surface area contributed by atoms with Gasteiger partial charge in [-0.05, 0) is 51.3 Å². The SMILES string of the molecule is Cc1nc(C(=O)NCc2ccc(Cl)cc2)n2c1C(=O)N(CC1(S(=O)(=O)C(C)(C)C(F)(F)F)CC1)CC2. The van der Waals surface area contributed by atoms with E-state index >= 15 is 0 Å². The van der Waals surface area contributed by atoms with Crippen LogP contribution in [0.15, 0.2) is 24.3 Å². The molecule has 0 unspecified atom stereocenters. The number of alkyl halides is 3. The number of imidazole rings is 1. The van der Waals surface area contributed by atoms with E-state index in [1.165, 1.54) is 9.47 Å². The fourth-order valence-corrected chi connectivity index (χ4v) is 6.89. The first-order valence-electron chi connectivity index (χ1n) is 11.3. The molecule has 2 aromatic rings. The molecular weight excluding hydrogens is 521 g/mol. The minimum absolute atomic E-state index is 0.0384. The van der Waals surface area contributed by atoms with Gasteiger partial charge in [-0.25, -0.2) is 13.4 Å². The molecule has 1 aromatic carbocycles. The Balaban J connectivity index is 1.52. The number of benzene rings is 1. The molecule has 0 bridgehead atoms. The molecule has 2 heterocycles. The van der Waals surface area contributed by atoms with E-state index in [1.807, 2.05) is 0 Å². The zero-order valence-electron chi connectivity index (χ0n) is 19.9. The Hall–Kier alpha value is -2.60. The lowest BCUT2D eigenvalue weighted by molar-refractivity contribution is -0.153. The molecule has 1 aromatic heterocycles. The van der Waals surface area contributed by atoms with Crippen molar-refractivity contribution in [3.8, 4) is 0 Å². The molecule has 13 heteroatoms. The first-order chi connectivity index (χ1) is 16.6. The van der Waals surface area contributed by atoms with Gasteiger partial charge in [0, 0.05) is 31.2 Å². The molecule has 8 nitrogen and oxygen atoms in total. The summed E-state index contributed by atoms with van der Waals surface area (Å²) in [5.41, 5.74) is 1.22. The van der Waals surface area contributed by atoms with Crippen LogP contribution in [-0.2, 0) is 22.9 Å². The molecule has 1 saturated carbocycles. The van der Waals surface area contributed by atoms with E-state index in [0.717, 1.165) is 5.56 Å². The maximum absolute atomic E-state index is 13.5. The van der Waals surface area contributed by atoms with E-state index in [2.05, 4.69) is 10.3 Å². The van der Waals surface area contributed by atoms with Crippen molar-refractivity contribution in [1.29, 1.82) is 0 Å². The smallest absolute Gasteiger partial charge is 0.345 e. The quantitative estimate of drug-likeness (QED) is 0.572. The zero-order chi connectivity index (χ0) is 26.7. The monoisotopic (exact) mass is 546 g/mol. The number of carbonyl (C=O) groups excluding carboxylic acids is 2. The number of carbonyl (C=O) groups is 2. The summed E-state index contributed by atoms with van der Waals surface area (Å²) in [7, 11) is -4.65. The summed E-state index contributed by atoms with van der Waals surface area (Å²) in [6.07, 6.45) is -4.85. The Morgan fingerprint density at radius 3 is 2.33 bits per heavy atom. The van der Waals surface area contributed by atoms with Crippen LogP contribution in [-0.4, -0.2) is 63.4 Å². The Morgan fingerprint density at radius 2 is 1.78 bits per heavy atom. The molecular formula is C23H26ClF3N4O4S. The van der Waals surface area contributed by atoms with Crippen LogP contribution < -0.4 is 5.32 Å². The van der Waals surface area contributed by atoms with Gasteiger partial charge in [0.05, 0.1) is 10.4 Å². The van der Waals surface area contributed by atoms with Gasteiger partial charge in [-0.3, -0.25) is 9.59 Å². The normalized spacial score (nSPS) is 17.6. The fraction of sp³-hybridized carbons (Fsp3) is 0.522. The lowest BCUT2D eigenvalue weighted by Crippen LogP contribution is -2.55. The highest BCUT2D eigenvalue weighted by Crippen LogP contribution is 2.52. The molecule has 2 amide bonds. The lowest BCUT2D eigenvalue weighted by atomic mass is 10.2. The van der Waals surface area contributed by atoms with Gasteiger partial charge >= 0.3 is 6.18 Å². The van der Waals surface area contributed by atoms with Crippen molar-refractivity contribution in [3.63, 3.8) is 0 Å². The minimum Gasteiger partial charge on any atom is -0.345 e. The van der Waals surface area contributed by atoms with Crippen LogP contribution in [0.3, 0.4) is 0 Å². The van der Waals surface area contributed by atoms with Crippen LogP contribution in [0.25, 0.3) is 0 Å². The van der Waals surface area contributed by atoms with Crippen molar-refractivity contribution in [3.05, 3.63) is 52.1 Å². The molecule has 0 spiro atoms. The second kappa shape index (κ2) is 8.76. The van der Waals surface area contributed by atoms with Crippen LogP contribution in [0.2, 0.25) is 5.02 Å². The van der Waals surface area contributed by atoms with Crippen molar-refractivity contribution in [2.24, 2.45) is 0 Å². The number of fused-ring (bicyclic) bond motifs is 1. The number of nitrogens with one attached hydrogen (secondary N) is 1. The second-order valence-corrected chi connectivity index (χ2v) is 13.1. The summed E-state index contributed by atoms with van der Waals surface area (Å²) in [6.45, 7) is 2.96. The van der Waals surface area contributed by atoms with Crippen molar-refractivity contribution in [2.75, 3.05) is 13.1 Å². The standard InChI is InChI=1S/C23H26ClF3N4O4S/c1-14-17-20(33)30(13-22(8-9-22)36(34,35)21(2,3)23(25,26)27)10-11-31(17)18(29-14)19(32)28-12-15-4-6-16(24)7-5-15/h4-7H,8-13H2,1-3H3,(H,28,32). The summed E-state index contributed by atoms with van der Waals surface area (Å²) < 4.78 is 63.6. The predicted molar refractivity (Wildman–Crippen MR) is 127 cm³/mol. The zero-order valence-corrected chi connectivity index (χ0v) is 21.5. The molecule has 1 N–H and O–H groups in total. The molecule has 1 aliphatic heterocycles. The minimum atomic E-state index is -4.95. The third-order valence-corrected chi connectivity index (χ3v) is 10.5. The predicted octanol–water partition coefficient (Wildman–Crippen LogP) is 3.52. The summed E-state index contributed by atoms with van der Waals surface area (Å²) in [4.78, 5) is 31.6. The van der Waals surface area contributed by atoms with Crippen molar-refractivity contribution < 1.29 is 31.2 Å². The Morgan fingerprint density at radius 1 is 1.17 bits per heavy atom. The van der Waals surface area contributed by atoms with Crippen molar-refractivity contribution in [1.82, 2.24) is 19.8 Å². The number of aryl methyl sites for hydroxylation is 1. The Bertz CT molecular complexity index is 1320. The molecule has 4 rings (SSSR count). The molecule has 36 heavy (non-hydrogen) atoms. The molecule has 2 aliphatic rings. The van der Waals surface area contributed by atoms with Crippen molar-refractivity contribution >= 4 is 33.3 Å². The number of aromatic nitrogens is 2. The summed E-state index contributed by atoms with van der Waals surface area (Å²) in [5, 5.41) is 3.31. The van der Waals surface area contributed by atoms with Crippen LogP contribution in [0, 0.1) is 6.92 Å². The second-order valence-electron chi connectivity index (χ2n) is 9.75. The van der Waals surface area contributed by atoms with E-state index in [9.17, 15) is 31.2 Å². The lowest BCUT2D eigenvalue weighted by Gasteiger charge is -2.36. The maximum Gasteiger partial charge on any atom is 0.407 e. The van der Waals surface area contributed by atoms with E-state index in [4.69, 9.17) is 11.6 Å². The van der Waals surface area contributed by atoms with E-state index in [1.54, 1.807) is 31.2 Å². The molecule has 0 saturated heterocycles. The number of hydrogen-bond donors (Lipinski definition) is 1. The maximum atomic E-state index is 13.5. The van der Waals surface area contributed by atoms with E-state index < -0.39 is 37.3 Å². The molecule has 0 atom stereocenters. The molecule has 0 radical (unpaired) electrons. The van der Waals surface area contributed by atoms with E-state index in [0.29, 0.717) is 18.9 Å². The largest absolute Gasteiger partial charge is 0.407 e. The van der Waals surface area contributed by atoms with Gasteiger partial charge < -0.3 is 14.8 Å². The summed E-state index contributed by atoms with van der Waals surface area (Å²) >= 11 is 5.87. The number of amides is 2. The van der Waals surface area contributed by atoms with Crippen LogP contribution >= 0.6 is 11.6 Å². The van der Waals surface area contributed by atoms with Gasteiger partial charge in [-0.1, -0.05) is 23.7 Å². The van der Waals surface area contributed by atoms with Gasteiger partial charge in [-0.2, -0.15) is 13.2 Å². The van der Waals surface area contributed by atoms with Gasteiger partial charge in [0.15, 0.2) is 20.4 Å². The van der Waals surface area contributed by atoms with Crippen LogP contribution in [0.4, 0.5) is 13.2 Å². The number of hydrogen-bond acceptors (Lipinski definition) is 5. The average molecular weight is 547 g/mol. The number of nitrogens with zero attached hydrogens (tertiary/aromatic N) is 3. The van der Waals surface area contributed by atoms with E-state index in [-0.39, 0.29) is 56.2 Å². The highest BCUT2D eigenvalue weighted by Gasteiger charge is 2.68. The fourth-order valence-electron chi connectivity index (χ4n) is 4.41. The average Bonchev–Trinajstić information content (AvgIpc) is 3.51. The topological polar surface area (TPSA) is 101 Å². The van der Waals surface area contributed by atoms with Gasteiger partial charge in [-0.15, -0.1) is 0 Å². The third-order valence-electron chi connectivity index (χ3n) is 7.01. The summed E-state index contributed by atoms with van der Waals surface area (Å²) in [5.74, 6) is -1.01. The number of halogens is 4. The van der Waals surface area contributed by atoms with Crippen LogP contribution in [0.5, 0.6) is 0 Å². The van der Waals surface area contributed by atoms with Gasteiger partial charge in [0.25, 0.3) is 11.8 Å². The molecule has 1 fully saturated rings. The van der Waals surface area contributed by atoms with Gasteiger partial charge in [0.1, 0.15) is 5.69 Å². The Kier molecular flexibility index (Phi) is 6.44. The first kappa shape index (κ1) is 26.5. The molecule has 1 aliphatic carbocycles. The first-order valence-corrected chi connectivity index (χ1v) is 13.2. The highest BCUT2D eigenvalue weighted by molar-refractivity contribution is 7.94.